The third kappa shape index (κ3) is 5.28. The van der Waals surface area contributed by atoms with Gasteiger partial charge in [0.15, 0.2) is 0 Å². The number of benzene rings is 2. The van der Waals surface area contributed by atoms with Gasteiger partial charge in [0.05, 0.1) is 10.9 Å². The van der Waals surface area contributed by atoms with Gasteiger partial charge in [-0.25, -0.2) is 12.8 Å². The van der Waals surface area contributed by atoms with Crippen molar-refractivity contribution in [1.29, 1.82) is 0 Å². The molecule has 0 saturated carbocycles. The van der Waals surface area contributed by atoms with Gasteiger partial charge < -0.3 is 5.11 Å². The van der Waals surface area contributed by atoms with E-state index >= 15 is 0 Å². The van der Waals surface area contributed by atoms with Crippen molar-refractivity contribution in [1.82, 2.24) is 4.31 Å². The number of carboxylic acids is 1. The van der Waals surface area contributed by atoms with Crippen molar-refractivity contribution < 1.29 is 22.7 Å². The van der Waals surface area contributed by atoms with Gasteiger partial charge in [-0.05, 0) is 67.1 Å². The van der Waals surface area contributed by atoms with Crippen LogP contribution in [0.2, 0.25) is 5.02 Å². The number of carboxylic acid groups (broad SMARTS) is 1. The molecule has 0 amide bonds. The van der Waals surface area contributed by atoms with Crippen LogP contribution in [0.5, 0.6) is 0 Å². The highest BCUT2D eigenvalue weighted by Crippen LogP contribution is 2.43. The average Bonchev–Trinajstić information content (AvgIpc) is 3.13. The van der Waals surface area contributed by atoms with Crippen LogP contribution in [0, 0.1) is 11.7 Å². The molecule has 1 saturated heterocycles. The van der Waals surface area contributed by atoms with E-state index in [4.69, 9.17) is 16.7 Å². The van der Waals surface area contributed by atoms with Crippen molar-refractivity contribution >= 4 is 27.6 Å². The average molecular weight is 452 g/mol. The van der Waals surface area contributed by atoms with E-state index in [0.717, 1.165) is 17.7 Å². The summed E-state index contributed by atoms with van der Waals surface area (Å²) in [5, 5.41) is 9.31. The molecule has 5 nitrogen and oxygen atoms in total. The lowest BCUT2D eigenvalue weighted by atomic mass is 9.91. The van der Waals surface area contributed by atoms with Crippen LogP contribution in [0.15, 0.2) is 65.6 Å². The molecule has 8 heteroatoms. The number of nitrogens with zero attached hydrogens (tertiary/aromatic N) is 1. The summed E-state index contributed by atoms with van der Waals surface area (Å²) in [6, 6.07) is 11.6. The molecule has 1 N–H and O–H groups in total. The number of sulfonamides is 1. The van der Waals surface area contributed by atoms with Crippen molar-refractivity contribution in [2.45, 2.75) is 36.6 Å². The molecule has 2 atom stereocenters. The first-order chi connectivity index (χ1) is 14.3. The summed E-state index contributed by atoms with van der Waals surface area (Å²) in [7, 11) is -3.81. The van der Waals surface area contributed by atoms with E-state index in [9.17, 15) is 17.6 Å². The first-order valence-electron chi connectivity index (χ1n) is 9.68. The Morgan fingerprint density at radius 3 is 2.43 bits per heavy atom. The van der Waals surface area contributed by atoms with Crippen molar-refractivity contribution in [2.24, 2.45) is 5.92 Å². The predicted octanol–water partition coefficient (Wildman–Crippen LogP) is 5.04. The maximum Gasteiger partial charge on any atom is 0.303 e. The second-order valence-corrected chi connectivity index (χ2v) is 9.58. The van der Waals surface area contributed by atoms with Crippen molar-refractivity contribution in [3.8, 4) is 0 Å². The summed E-state index contributed by atoms with van der Waals surface area (Å²) in [6.45, 7) is 0.348. The SMILES string of the molecule is O=C(O)CC/C=C\C[C@@H]1CCN(S(=O)(=O)c2ccc(F)cc2)[C@@H]1c1ccc(Cl)cc1. The molecule has 0 aromatic heterocycles. The van der Waals surface area contributed by atoms with E-state index in [-0.39, 0.29) is 23.3 Å². The molecule has 2 aromatic rings. The van der Waals surface area contributed by atoms with Gasteiger partial charge in [-0.3, -0.25) is 4.79 Å². The summed E-state index contributed by atoms with van der Waals surface area (Å²) in [5.74, 6) is -1.31. The topological polar surface area (TPSA) is 74.7 Å². The molecule has 1 fully saturated rings. The maximum absolute atomic E-state index is 13.3. The third-order valence-corrected chi connectivity index (χ3v) is 7.39. The van der Waals surface area contributed by atoms with E-state index in [2.05, 4.69) is 0 Å². The molecule has 3 rings (SSSR count). The van der Waals surface area contributed by atoms with E-state index in [0.29, 0.717) is 30.8 Å². The summed E-state index contributed by atoms with van der Waals surface area (Å²) >= 11 is 6.01. The Morgan fingerprint density at radius 2 is 1.80 bits per heavy atom. The Morgan fingerprint density at radius 1 is 1.13 bits per heavy atom. The molecule has 30 heavy (non-hydrogen) atoms. The molecular weight excluding hydrogens is 429 g/mol. The third-order valence-electron chi connectivity index (χ3n) is 5.24. The normalized spacial score (nSPS) is 20.1. The Bertz CT molecular complexity index is 1010. The molecule has 0 unspecified atom stereocenters. The van der Waals surface area contributed by atoms with E-state index < -0.39 is 21.8 Å². The zero-order chi connectivity index (χ0) is 21.7. The smallest absolute Gasteiger partial charge is 0.303 e. The lowest BCUT2D eigenvalue weighted by Gasteiger charge is -2.28. The summed E-state index contributed by atoms with van der Waals surface area (Å²) in [6.07, 6.45) is 5.53. The maximum atomic E-state index is 13.3. The number of hydrogen-bond donors (Lipinski definition) is 1. The monoisotopic (exact) mass is 451 g/mol. The fourth-order valence-corrected chi connectivity index (χ4v) is 5.59. The number of hydrogen-bond acceptors (Lipinski definition) is 3. The lowest BCUT2D eigenvalue weighted by Crippen LogP contribution is -2.32. The van der Waals surface area contributed by atoms with E-state index in [1.807, 2.05) is 24.3 Å². The minimum atomic E-state index is -3.81. The molecule has 0 aliphatic carbocycles. The quantitative estimate of drug-likeness (QED) is 0.570. The van der Waals surface area contributed by atoms with Gasteiger partial charge in [0.25, 0.3) is 0 Å². The predicted molar refractivity (Wildman–Crippen MR) is 113 cm³/mol. The van der Waals surface area contributed by atoms with Crippen molar-refractivity contribution in [3.05, 3.63) is 77.1 Å². The number of rotatable bonds is 8. The number of carbonyl (C=O) groups is 1. The van der Waals surface area contributed by atoms with E-state index in [1.165, 1.54) is 16.4 Å². The first-order valence-corrected chi connectivity index (χ1v) is 11.5. The van der Waals surface area contributed by atoms with Crippen LogP contribution in [0.3, 0.4) is 0 Å². The fourth-order valence-electron chi connectivity index (χ4n) is 3.78. The molecule has 1 aliphatic heterocycles. The van der Waals surface area contributed by atoms with E-state index in [1.54, 1.807) is 12.1 Å². The number of halogens is 2. The number of aliphatic carboxylic acids is 1. The Labute approximate surface area is 180 Å². The Hall–Kier alpha value is -2.22. The summed E-state index contributed by atoms with van der Waals surface area (Å²) in [4.78, 5) is 10.7. The van der Waals surface area contributed by atoms with Gasteiger partial charge >= 0.3 is 5.97 Å². The van der Waals surface area contributed by atoms with Crippen LogP contribution in [-0.4, -0.2) is 30.3 Å². The summed E-state index contributed by atoms with van der Waals surface area (Å²) in [5.41, 5.74) is 0.839. The second-order valence-electron chi connectivity index (χ2n) is 7.25. The fraction of sp³-hybridized carbons (Fsp3) is 0.318. The highest BCUT2D eigenvalue weighted by atomic mass is 35.5. The molecular formula is C22H23ClFNO4S. The van der Waals surface area contributed by atoms with Crippen LogP contribution < -0.4 is 0 Å². The van der Waals surface area contributed by atoms with Crippen LogP contribution >= 0.6 is 11.6 Å². The van der Waals surface area contributed by atoms with Crippen LogP contribution in [0.1, 0.15) is 37.3 Å². The minimum absolute atomic E-state index is 0.0301. The zero-order valence-corrected chi connectivity index (χ0v) is 17.8. The van der Waals surface area contributed by atoms with Gasteiger partial charge in [-0.15, -0.1) is 0 Å². The molecule has 0 spiro atoms. The molecule has 160 valence electrons. The lowest BCUT2D eigenvalue weighted by molar-refractivity contribution is -0.136. The number of allylic oxidation sites excluding steroid dienone is 2. The van der Waals surface area contributed by atoms with Gasteiger partial charge in [-0.2, -0.15) is 4.31 Å². The highest BCUT2D eigenvalue weighted by molar-refractivity contribution is 7.89. The summed E-state index contributed by atoms with van der Waals surface area (Å²) < 4.78 is 41.3. The zero-order valence-electron chi connectivity index (χ0n) is 16.2. The van der Waals surface area contributed by atoms with Gasteiger partial charge in [0.2, 0.25) is 10.0 Å². The molecule has 1 aliphatic rings. The van der Waals surface area contributed by atoms with Crippen LogP contribution in [0.25, 0.3) is 0 Å². The Balaban J connectivity index is 1.87. The molecule has 0 bridgehead atoms. The van der Waals surface area contributed by atoms with Crippen LogP contribution in [0.4, 0.5) is 4.39 Å². The largest absolute Gasteiger partial charge is 0.481 e. The first kappa shape index (κ1) is 22.5. The van der Waals surface area contributed by atoms with Gasteiger partial charge in [0, 0.05) is 18.0 Å². The van der Waals surface area contributed by atoms with Gasteiger partial charge in [0.1, 0.15) is 5.82 Å². The molecule has 2 aromatic carbocycles. The van der Waals surface area contributed by atoms with Crippen molar-refractivity contribution in [3.63, 3.8) is 0 Å². The minimum Gasteiger partial charge on any atom is -0.481 e. The molecule has 0 radical (unpaired) electrons. The Kier molecular flexibility index (Phi) is 7.28. The van der Waals surface area contributed by atoms with Gasteiger partial charge in [-0.1, -0.05) is 35.9 Å². The second kappa shape index (κ2) is 9.73. The molecule has 1 heterocycles. The standard InChI is InChI=1S/C22H23ClFNO4S/c23-18-8-6-17(7-9-18)22-16(4-2-1-3-5-21(26)27)14-15-25(22)30(28,29)20-12-10-19(24)11-13-20/h1-2,6-13,16,22H,3-5,14-15H2,(H,26,27)/b2-1-/t16-,22+/m1/s1. The highest BCUT2D eigenvalue weighted by Gasteiger charge is 2.41. The van der Waals surface area contributed by atoms with Crippen molar-refractivity contribution in [2.75, 3.05) is 6.54 Å². The van der Waals surface area contributed by atoms with Crippen LogP contribution in [-0.2, 0) is 14.8 Å².